The molecule has 4 atom stereocenters. The average Bonchev–Trinajstić information content (AvgIpc) is 3.60. The number of halogens is 2. The standard InChI is InChI=1S/C30H24ClFN4O6S/c1-42-21-7-3-4-16(15-21)24-25(28(37)22-12-13-23(31)43-22)26(17-5-2-6-20(14-17)36(40)41)35(27(24)29(33)38)30(39)34-19-10-8-18(32)9-11-19/h2-15,24-27H,1H3,(H2,33,38)(H,34,39). The fraction of sp³-hybridized carbons (Fsp3) is 0.167. The Kier molecular flexibility index (Phi) is 8.42. The van der Waals surface area contributed by atoms with Crippen molar-refractivity contribution in [3.8, 4) is 5.75 Å². The largest absolute Gasteiger partial charge is 0.497 e. The molecular formula is C30H24ClFN4O6S. The van der Waals surface area contributed by atoms with Gasteiger partial charge in [0.25, 0.3) is 5.69 Å². The van der Waals surface area contributed by atoms with Crippen LogP contribution in [-0.4, -0.2) is 40.7 Å². The molecule has 1 aliphatic rings. The van der Waals surface area contributed by atoms with Gasteiger partial charge in [-0.15, -0.1) is 11.3 Å². The van der Waals surface area contributed by atoms with E-state index in [1.807, 2.05) is 0 Å². The van der Waals surface area contributed by atoms with Gasteiger partial charge in [-0.2, -0.15) is 0 Å². The lowest BCUT2D eigenvalue weighted by molar-refractivity contribution is -0.385. The Morgan fingerprint density at radius 3 is 2.35 bits per heavy atom. The molecular weight excluding hydrogens is 599 g/mol. The molecule has 1 aromatic heterocycles. The van der Waals surface area contributed by atoms with Crippen molar-refractivity contribution in [2.45, 2.75) is 18.0 Å². The summed E-state index contributed by atoms with van der Waals surface area (Å²) in [4.78, 5) is 54.3. The Morgan fingerprint density at radius 2 is 1.72 bits per heavy atom. The van der Waals surface area contributed by atoms with Crippen LogP contribution in [0.5, 0.6) is 5.75 Å². The minimum atomic E-state index is -1.39. The van der Waals surface area contributed by atoms with Gasteiger partial charge >= 0.3 is 6.03 Å². The maximum absolute atomic E-state index is 14.4. The number of anilines is 1. The van der Waals surface area contributed by atoms with Crippen molar-refractivity contribution in [3.05, 3.63) is 121 Å². The topological polar surface area (TPSA) is 145 Å². The fourth-order valence-corrected chi connectivity index (χ4v) is 6.58. The van der Waals surface area contributed by atoms with Crippen molar-refractivity contribution < 1.29 is 28.4 Å². The van der Waals surface area contributed by atoms with Gasteiger partial charge in [-0.1, -0.05) is 35.9 Å². The van der Waals surface area contributed by atoms with Crippen molar-refractivity contribution >= 4 is 52.0 Å². The van der Waals surface area contributed by atoms with Crippen molar-refractivity contribution in [2.75, 3.05) is 12.4 Å². The minimum absolute atomic E-state index is 0.213. The van der Waals surface area contributed by atoms with E-state index in [9.17, 15) is 28.9 Å². The van der Waals surface area contributed by atoms with Gasteiger partial charge in [-0.25, -0.2) is 9.18 Å². The molecule has 0 aliphatic carbocycles. The third kappa shape index (κ3) is 5.92. The summed E-state index contributed by atoms with van der Waals surface area (Å²) in [6.45, 7) is 0. The number of carbonyl (C=O) groups excluding carboxylic acids is 3. The number of likely N-dealkylation sites (tertiary alicyclic amines) is 1. The van der Waals surface area contributed by atoms with Crippen LogP contribution in [0.2, 0.25) is 4.34 Å². The number of nitrogens with two attached hydrogens (primary N) is 1. The maximum Gasteiger partial charge on any atom is 0.323 e. The summed E-state index contributed by atoms with van der Waals surface area (Å²) < 4.78 is 19.3. The Hall–Kier alpha value is -4.81. The maximum atomic E-state index is 14.4. The van der Waals surface area contributed by atoms with E-state index in [0.717, 1.165) is 28.4 Å². The van der Waals surface area contributed by atoms with Crippen molar-refractivity contribution in [3.63, 3.8) is 0 Å². The number of urea groups is 1. The number of nitro benzene ring substituents is 1. The predicted octanol–water partition coefficient (Wildman–Crippen LogP) is 6.18. The lowest BCUT2D eigenvalue weighted by Crippen LogP contribution is -2.48. The number of primary amides is 1. The van der Waals surface area contributed by atoms with E-state index >= 15 is 0 Å². The summed E-state index contributed by atoms with van der Waals surface area (Å²) >= 11 is 7.20. The molecule has 1 fully saturated rings. The molecule has 0 bridgehead atoms. The molecule has 5 rings (SSSR count). The van der Waals surface area contributed by atoms with Crippen LogP contribution >= 0.6 is 22.9 Å². The first-order valence-electron chi connectivity index (χ1n) is 12.9. The normalized spacial score (nSPS) is 19.6. The number of rotatable bonds is 8. The fourth-order valence-electron chi connectivity index (χ4n) is 5.55. The molecule has 43 heavy (non-hydrogen) atoms. The highest BCUT2D eigenvalue weighted by Crippen LogP contribution is 2.52. The summed E-state index contributed by atoms with van der Waals surface area (Å²) in [5.74, 6) is -3.57. The van der Waals surface area contributed by atoms with Crippen molar-refractivity contribution in [1.82, 2.24) is 4.90 Å². The smallest absolute Gasteiger partial charge is 0.323 e. The van der Waals surface area contributed by atoms with Crippen LogP contribution in [0.25, 0.3) is 0 Å². The van der Waals surface area contributed by atoms with Gasteiger partial charge in [0.05, 0.1) is 33.2 Å². The number of non-ortho nitro benzene ring substituents is 1. The molecule has 1 aliphatic heterocycles. The lowest BCUT2D eigenvalue weighted by atomic mass is 9.77. The van der Waals surface area contributed by atoms with Crippen LogP contribution < -0.4 is 15.8 Å². The molecule has 13 heteroatoms. The van der Waals surface area contributed by atoms with E-state index in [4.69, 9.17) is 22.1 Å². The molecule has 3 N–H and O–H groups in total. The number of hydrogen-bond acceptors (Lipinski definition) is 7. The first kappa shape index (κ1) is 29.7. The number of nitrogens with one attached hydrogen (secondary N) is 1. The second-order valence-corrected chi connectivity index (χ2v) is 11.5. The quantitative estimate of drug-likeness (QED) is 0.136. The number of hydrogen-bond donors (Lipinski definition) is 2. The number of methoxy groups -OCH3 is 1. The summed E-state index contributed by atoms with van der Waals surface area (Å²) in [6, 6.07) is 16.9. The molecule has 10 nitrogen and oxygen atoms in total. The zero-order chi connectivity index (χ0) is 30.8. The van der Waals surface area contributed by atoms with Gasteiger partial charge in [0, 0.05) is 23.7 Å². The Bertz CT molecular complexity index is 1710. The molecule has 4 unspecified atom stereocenters. The SMILES string of the molecule is COc1cccc(C2C(C(=O)c3ccc(Cl)s3)C(c3cccc([N+](=O)[O-])c3)N(C(=O)Nc3ccc(F)cc3)C2C(N)=O)c1. The van der Waals surface area contributed by atoms with Crippen molar-refractivity contribution in [1.29, 1.82) is 0 Å². The van der Waals surface area contributed by atoms with Gasteiger partial charge in [-0.05, 0) is 59.7 Å². The Morgan fingerprint density at radius 1 is 1.02 bits per heavy atom. The molecule has 0 saturated carbocycles. The van der Waals surface area contributed by atoms with Gasteiger partial charge in [-0.3, -0.25) is 19.7 Å². The number of Topliss-reactive ketones (excluding diaryl/α,β-unsaturated/α-hetero) is 1. The molecule has 4 aromatic rings. The molecule has 3 aromatic carbocycles. The van der Waals surface area contributed by atoms with E-state index < -0.39 is 52.4 Å². The Labute approximate surface area is 254 Å². The third-order valence-electron chi connectivity index (χ3n) is 7.31. The number of nitro groups is 1. The summed E-state index contributed by atoms with van der Waals surface area (Å²) in [7, 11) is 1.46. The average molecular weight is 623 g/mol. The lowest BCUT2D eigenvalue weighted by Gasteiger charge is -2.30. The van der Waals surface area contributed by atoms with E-state index in [-0.39, 0.29) is 21.8 Å². The second kappa shape index (κ2) is 12.2. The highest BCUT2D eigenvalue weighted by atomic mass is 35.5. The number of amides is 3. The van der Waals surface area contributed by atoms with Gasteiger partial charge in [0.2, 0.25) is 5.91 Å². The Balaban J connectivity index is 1.75. The van der Waals surface area contributed by atoms with Gasteiger partial charge in [0.15, 0.2) is 5.78 Å². The molecule has 0 spiro atoms. The first-order chi connectivity index (χ1) is 20.6. The predicted molar refractivity (Wildman–Crippen MR) is 159 cm³/mol. The number of carbonyl (C=O) groups is 3. The molecule has 1 saturated heterocycles. The monoisotopic (exact) mass is 622 g/mol. The van der Waals surface area contributed by atoms with Crippen molar-refractivity contribution in [2.24, 2.45) is 11.7 Å². The molecule has 0 radical (unpaired) electrons. The van der Waals surface area contributed by atoms with Crippen LogP contribution in [-0.2, 0) is 4.79 Å². The number of benzene rings is 3. The summed E-state index contributed by atoms with van der Waals surface area (Å²) in [6.07, 6.45) is 0. The van der Waals surface area contributed by atoms with Crippen LogP contribution in [0.15, 0.2) is 84.9 Å². The van der Waals surface area contributed by atoms with Crippen LogP contribution in [0.1, 0.15) is 32.8 Å². The minimum Gasteiger partial charge on any atom is -0.497 e. The van der Waals surface area contributed by atoms with E-state index in [2.05, 4.69) is 5.32 Å². The first-order valence-corrected chi connectivity index (χ1v) is 14.1. The highest BCUT2D eigenvalue weighted by molar-refractivity contribution is 7.18. The summed E-state index contributed by atoms with van der Waals surface area (Å²) in [5, 5.41) is 14.4. The number of nitrogens with zero attached hydrogens (tertiary/aromatic N) is 2. The van der Waals surface area contributed by atoms with E-state index in [1.54, 1.807) is 42.5 Å². The molecule has 3 amide bonds. The third-order valence-corrected chi connectivity index (χ3v) is 8.55. The van der Waals surface area contributed by atoms with Crippen LogP contribution in [0, 0.1) is 21.8 Å². The van der Waals surface area contributed by atoms with Gasteiger partial charge < -0.3 is 20.7 Å². The summed E-state index contributed by atoms with van der Waals surface area (Å²) in [5.41, 5.74) is 6.64. The highest BCUT2D eigenvalue weighted by Gasteiger charge is 2.57. The van der Waals surface area contributed by atoms with Crippen LogP contribution in [0.3, 0.4) is 0 Å². The second-order valence-electron chi connectivity index (χ2n) is 9.78. The zero-order valence-electron chi connectivity index (χ0n) is 22.5. The van der Waals surface area contributed by atoms with E-state index in [0.29, 0.717) is 15.6 Å². The van der Waals surface area contributed by atoms with E-state index in [1.165, 1.54) is 37.4 Å². The number of ether oxygens (including phenoxy) is 1. The van der Waals surface area contributed by atoms with Gasteiger partial charge in [0.1, 0.15) is 17.6 Å². The molecule has 220 valence electrons. The zero-order valence-corrected chi connectivity index (χ0v) is 24.1. The molecule has 2 heterocycles. The number of thiophene rings is 1. The number of ketones is 1. The van der Waals surface area contributed by atoms with Crippen LogP contribution in [0.4, 0.5) is 20.6 Å².